The lowest BCUT2D eigenvalue weighted by atomic mass is 10.1. The van der Waals surface area contributed by atoms with Crippen LogP contribution in [0.5, 0.6) is 0 Å². The molecule has 0 saturated heterocycles. The van der Waals surface area contributed by atoms with Gasteiger partial charge in [0.1, 0.15) is 0 Å². The first-order valence-corrected chi connectivity index (χ1v) is 5.50. The minimum absolute atomic E-state index is 0.172. The summed E-state index contributed by atoms with van der Waals surface area (Å²) < 4.78 is 0. The van der Waals surface area contributed by atoms with Crippen LogP contribution in [-0.2, 0) is 0 Å². The van der Waals surface area contributed by atoms with Crippen molar-refractivity contribution in [2.45, 2.75) is 59.0 Å². The standard InChI is InChI=1S/C13H24O/c1-11(2)7-5-8-12(3)9-6-10-13(4)14/h9,13-14H,1,5-8,10H2,2-4H3. The molecule has 0 fully saturated rings. The average molecular weight is 196 g/mol. The molecular formula is C13H24O. The highest BCUT2D eigenvalue weighted by molar-refractivity contribution is 4.99. The van der Waals surface area contributed by atoms with Gasteiger partial charge in [0.15, 0.2) is 0 Å². The van der Waals surface area contributed by atoms with Crippen molar-refractivity contribution in [1.29, 1.82) is 0 Å². The van der Waals surface area contributed by atoms with Crippen molar-refractivity contribution in [3.05, 3.63) is 23.8 Å². The molecule has 0 heterocycles. The predicted molar refractivity (Wildman–Crippen MR) is 63.3 cm³/mol. The number of rotatable bonds is 7. The van der Waals surface area contributed by atoms with Gasteiger partial charge in [-0.05, 0) is 52.9 Å². The Morgan fingerprint density at radius 2 is 2.00 bits per heavy atom. The van der Waals surface area contributed by atoms with Crippen molar-refractivity contribution < 1.29 is 5.11 Å². The molecule has 0 radical (unpaired) electrons. The first-order valence-electron chi connectivity index (χ1n) is 5.50. The SMILES string of the molecule is C=C(C)CCCC(C)=CCCC(C)O. The number of hydrogen-bond donors (Lipinski definition) is 1. The van der Waals surface area contributed by atoms with E-state index in [1.54, 1.807) is 0 Å². The fourth-order valence-corrected chi connectivity index (χ4v) is 1.34. The molecule has 1 N–H and O–H groups in total. The molecule has 0 rings (SSSR count). The quantitative estimate of drug-likeness (QED) is 0.613. The maximum Gasteiger partial charge on any atom is 0.0515 e. The summed E-state index contributed by atoms with van der Waals surface area (Å²) in [5.74, 6) is 0. The van der Waals surface area contributed by atoms with Crippen LogP contribution in [0.2, 0.25) is 0 Å². The van der Waals surface area contributed by atoms with E-state index >= 15 is 0 Å². The van der Waals surface area contributed by atoms with Crippen LogP contribution in [0.25, 0.3) is 0 Å². The summed E-state index contributed by atoms with van der Waals surface area (Å²) >= 11 is 0. The van der Waals surface area contributed by atoms with Gasteiger partial charge in [0.2, 0.25) is 0 Å². The zero-order chi connectivity index (χ0) is 11.0. The van der Waals surface area contributed by atoms with Gasteiger partial charge in [-0.25, -0.2) is 0 Å². The van der Waals surface area contributed by atoms with Gasteiger partial charge >= 0.3 is 0 Å². The lowest BCUT2D eigenvalue weighted by molar-refractivity contribution is 0.186. The molecular weight excluding hydrogens is 172 g/mol. The van der Waals surface area contributed by atoms with E-state index in [4.69, 9.17) is 5.11 Å². The lowest BCUT2D eigenvalue weighted by Gasteiger charge is -2.03. The van der Waals surface area contributed by atoms with Gasteiger partial charge in [0.05, 0.1) is 6.10 Å². The number of aliphatic hydroxyl groups is 1. The molecule has 0 amide bonds. The van der Waals surface area contributed by atoms with Gasteiger partial charge in [0.25, 0.3) is 0 Å². The summed E-state index contributed by atoms with van der Waals surface area (Å²) in [5.41, 5.74) is 2.70. The van der Waals surface area contributed by atoms with E-state index in [1.165, 1.54) is 17.6 Å². The molecule has 1 nitrogen and oxygen atoms in total. The second-order valence-corrected chi connectivity index (χ2v) is 4.29. The summed E-state index contributed by atoms with van der Waals surface area (Å²) in [7, 11) is 0. The fraction of sp³-hybridized carbons (Fsp3) is 0.692. The van der Waals surface area contributed by atoms with Crippen molar-refractivity contribution >= 4 is 0 Å². The van der Waals surface area contributed by atoms with Crippen molar-refractivity contribution in [3.63, 3.8) is 0 Å². The van der Waals surface area contributed by atoms with Gasteiger partial charge in [-0.3, -0.25) is 0 Å². The highest BCUT2D eigenvalue weighted by atomic mass is 16.3. The minimum atomic E-state index is -0.172. The van der Waals surface area contributed by atoms with Crippen molar-refractivity contribution in [1.82, 2.24) is 0 Å². The Balaban J connectivity index is 3.51. The maximum absolute atomic E-state index is 9.07. The Bertz CT molecular complexity index is 189. The van der Waals surface area contributed by atoms with E-state index in [1.807, 2.05) is 6.92 Å². The summed E-state index contributed by atoms with van der Waals surface area (Å²) in [4.78, 5) is 0. The van der Waals surface area contributed by atoms with Crippen LogP contribution in [0.15, 0.2) is 23.8 Å². The number of allylic oxidation sites excluding steroid dienone is 3. The van der Waals surface area contributed by atoms with Crippen LogP contribution >= 0.6 is 0 Å². The third-order valence-corrected chi connectivity index (χ3v) is 2.25. The highest BCUT2D eigenvalue weighted by Gasteiger charge is 1.94. The third-order valence-electron chi connectivity index (χ3n) is 2.25. The van der Waals surface area contributed by atoms with Gasteiger partial charge in [0, 0.05) is 0 Å². The van der Waals surface area contributed by atoms with Crippen molar-refractivity contribution in [2.24, 2.45) is 0 Å². The van der Waals surface area contributed by atoms with Crippen LogP contribution in [0.4, 0.5) is 0 Å². The van der Waals surface area contributed by atoms with Crippen LogP contribution in [0.1, 0.15) is 52.9 Å². The molecule has 0 bridgehead atoms. The summed E-state index contributed by atoms with van der Waals surface area (Å²) in [6.45, 7) is 9.97. The first-order chi connectivity index (χ1) is 6.52. The molecule has 0 aliphatic carbocycles. The van der Waals surface area contributed by atoms with Crippen LogP contribution < -0.4 is 0 Å². The fourth-order valence-electron chi connectivity index (χ4n) is 1.34. The Labute approximate surface area is 88.5 Å². The number of aliphatic hydroxyl groups excluding tert-OH is 1. The maximum atomic E-state index is 9.07. The average Bonchev–Trinajstić information content (AvgIpc) is 2.02. The van der Waals surface area contributed by atoms with E-state index in [9.17, 15) is 0 Å². The second kappa shape index (κ2) is 7.81. The number of hydrogen-bond acceptors (Lipinski definition) is 1. The minimum Gasteiger partial charge on any atom is -0.393 e. The van der Waals surface area contributed by atoms with Gasteiger partial charge in [-0.2, -0.15) is 0 Å². The summed E-state index contributed by atoms with van der Waals surface area (Å²) in [5, 5.41) is 9.07. The molecule has 0 aliphatic rings. The Hall–Kier alpha value is -0.560. The molecule has 82 valence electrons. The summed E-state index contributed by atoms with van der Waals surface area (Å²) in [6.07, 6.45) is 7.43. The smallest absolute Gasteiger partial charge is 0.0515 e. The van der Waals surface area contributed by atoms with Gasteiger partial charge in [-0.1, -0.05) is 17.2 Å². The third kappa shape index (κ3) is 9.53. The highest BCUT2D eigenvalue weighted by Crippen LogP contribution is 2.11. The lowest BCUT2D eigenvalue weighted by Crippen LogP contribution is -1.97. The molecule has 1 atom stereocenters. The van der Waals surface area contributed by atoms with Crippen molar-refractivity contribution in [2.75, 3.05) is 0 Å². The molecule has 0 aliphatic heterocycles. The first kappa shape index (κ1) is 13.4. The molecule has 0 aromatic heterocycles. The van der Waals surface area contributed by atoms with E-state index in [0.717, 1.165) is 25.7 Å². The molecule has 0 aromatic carbocycles. The molecule has 14 heavy (non-hydrogen) atoms. The normalized spacial score (nSPS) is 14.1. The van der Waals surface area contributed by atoms with Crippen LogP contribution in [0, 0.1) is 0 Å². The predicted octanol–water partition coefficient (Wildman–Crippen LogP) is 3.84. The summed E-state index contributed by atoms with van der Waals surface area (Å²) in [6, 6.07) is 0. The monoisotopic (exact) mass is 196 g/mol. The Morgan fingerprint density at radius 3 is 2.50 bits per heavy atom. The van der Waals surface area contributed by atoms with Gasteiger partial charge in [-0.15, -0.1) is 6.58 Å². The molecule has 1 heteroatoms. The largest absolute Gasteiger partial charge is 0.393 e. The molecule has 0 spiro atoms. The van der Waals surface area contributed by atoms with Crippen LogP contribution in [-0.4, -0.2) is 11.2 Å². The Morgan fingerprint density at radius 1 is 1.36 bits per heavy atom. The molecule has 0 aromatic rings. The molecule has 0 saturated carbocycles. The van der Waals surface area contributed by atoms with Gasteiger partial charge < -0.3 is 5.11 Å². The zero-order valence-corrected chi connectivity index (χ0v) is 9.84. The Kier molecular flexibility index (Phi) is 7.50. The topological polar surface area (TPSA) is 20.2 Å². The van der Waals surface area contributed by atoms with Crippen molar-refractivity contribution in [3.8, 4) is 0 Å². The van der Waals surface area contributed by atoms with E-state index in [2.05, 4.69) is 26.5 Å². The second-order valence-electron chi connectivity index (χ2n) is 4.29. The molecule has 1 unspecified atom stereocenters. The van der Waals surface area contributed by atoms with E-state index in [-0.39, 0.29) is 6.10 Å². The van der Waals surface area contributed by atoms with E-state index in [0.29, 0.717) is 0 Å². The zero-order valence-electron chi connectivity index (χ0n) is 9.84. The van der Waals surface area contributed by atoms with E-state index < -0.39 is 0 Å². The van der Waals surface area contributed by atoms with Crippen LogP contribution in [0.3, 0.4) is 0 Å².